The summed E-state index contributed by atoms with van der Waals surface area (Å²) in [6.07, 6.45) is 1.84. The number of nitriles is 1. The van der Waals surface area contributed by atoms with E-state index in [1.807, 2.05) is 59.6 Å². The highest BCUT2D eigenvalue weighted by molar-refractivity contribution is 7.10. The SMILES string of the molecule is CC(C)n1ncc2cc([C@@H]3C(=O)N(C)C(=N)N[C@]3(C)c3cc(-c4cccc(C#N)c4)cs3)ccc21. The first kappa shape index (κ1) is 22.8. The van der Waals surface area contributed by atoms with E-state index in [-0.39, 0.29) is 17.9 Å². The van der Waals surface area contributed by atoms with Gasteiger partial charge in [0.15, 0.2) is 5.96 Å². The molecule has 0 unspecified atom stereocenters. The van der Waals surface area contributed by atoms with E-state index in [9.17, 15) is 10.1 Å². The molecule has 0 bridgehead atoms. The van der Waals surface area contributed by atoms with Crippen LogP contribution in [-0.4, -0.2) is 33.6 Å². The Morgan fingerprint density at radius 1 is 1.20 bits per heavy atom. The number of hydrogen-bond acceptors (Lipinski definition) is 5. The summed E-state index contributed by atoms with van der Waals surface area (Å²) in [6.45, 7) is 6.17. The molecule has 2 N–H and O–H groups in total. The van der Waals surface area contributed by atoms with Gasteiger partial charge in [-0.05, 0) is 73.2 Å². The summed E-state index contributed by atoms with van der Waals surface area (Å²) < 4.78 is 1.97. The van der Waals surface area contributed by atoms with Crippen molar-refractivity contribution in [1.29, 1.82) is 10.7 Å². The third kappa shape index (κ3) is 3.69. The molecule has 2 aromatic heterocycles. The van der Waals surface area contributed by atoms with Crippen molar-refractivity contribution in [3.05, 3.63) is 76.1 Å². The van der Waals surface area contributed by atoms with E-state index in [0.29, 0.717) is 5.56 Å². The fraction of sp³-hybridized carbons (Fsp3) is 0.259. The van der Waals surface area contributed by atoms with E-state index >= 15 is 0 Å². The predicted octanol–water partition coefficient (Wildman–Crippen LogP) is 5.21. The number of carbonyl (C=O) groups is 1. The maximum Gasteiger partial charge on any atom is 0.239 e. The number of carbonyl (C=O) groups excluding carboxylic acids is 1. The van der Waals surface area contributed by atoms with Crippen molar-refractivity contribution in [3.8, 4) is 17.2 Å². The number of thiophene rings is 1. The lowest BCUT2D eigenvalue weighted by atomic mass is 9.76. The minimum Gasteiger partial charge on any atom is -0.345 e. The number of benzene rings is 2. The molecule has 0 aliphatic carbocycles. The van der Waals surface area contributed by atoms with Gasteiger partial charge in [0.05, 0.1) is 34.8 Å². The van der Waals surface area contributed by atoms with Gasteiger partial charge in [0.1, 0.15) is 0 Å². The van der Waals surface area contributed by atoms with Crippen molar-refractivity contribution < 1.29 is 4.79 Å². The molecule has 0 spiro atoms. The number of amides is 1. The third-order valence-electron chi connectivity index (χ3n) is 6.75. The lowest BCUT2D eigenvalue weighted by Gasteiger charge is -2.45. The molecule has 1 fully saturated rings. The van der Waals surface area contributed by atoms with Crippen molar-refractivity contribution in [1.82, 2.24) is 20.0 Å². The van der Waals surface area contributed by atoms with Crippen molar-refractivity contribution in [2.75, 3.05) is 7.05 Å². The van der Waals surface area contributed by atoms with Gasteiger partial charge in [-0.2, -0.15) is 10.4 Å². The van der Waals surface area contributed by atoms with E-state index in [4.69, 9.17) is 5.41 Å². The first-order valence-electron chi connectivity index (χ1n) is 11.4. The molecule has 1 saturated heterocycles. The van der Waals surface area contributed by atoms with E-state index < -0.39 is 11.5 Å². The molecule has 1 aliphatic heterocycles. The standard InChI is InChI=1S/C27H26N6OS/c1-16(2)33-22-9-8-19(11-20(22)14-30-33)24-25(34)32(4)26(29)31-27(24,3)23-12-21(15-35-23)18-7-5-6-17(10-18)13-28/h5-12,14-16,24H,1-4H3,(H2,29,31)/t24-,27-/m1/s1. The van der Waals surface area contributed by atoms with Gasteiger partial charge >= 0.3 is 0 Å². The largest absolute Gasteiger partial charge is 0.345 e. The van der Waals surface area contributed by atoms with Crippen LogP contribution in [0.3, 0.4) is 0 Å². The summed E-state index contributed by atoms with van der Waals surface area (Å²) in [5, 5.41) is 28.6. The Labute approximate surface area is 208 Å². The van der Waals surface area contributed by atoms with Crippen LogP contribution in [0.15, 0.2) is 60.1 Å². The van der Waals surface area contributed by atoms with E-state index in [1.165, 1.54) is 4.90 Å². The average molecular weight is 483 g/mol. The fourth-order valence-electron chi connectivity index (χ4n) is 4.82. The molecule has 0 radical (unpaired) electrons. The van der Waals surface area contributed by atoms with Gasteiger partial charge in [-0.1, -0.05) is 18.2 Å². The molecule has 176 valence electrons. The first-order chi connectivity index (χ1) is 16.7. The molecule has 1 aliphatic rings. The number of nitrogens with zero attached hydrogens (tertiary/aromatic N) is 4. The Kier molecular flexibility index (Phi) is 5.45. The molecule has 35 heavy (non-hydrogen) atoms. The molecule has 0 saturated carbocycles. The van der Waals surface area contributed by atoms with Gasteiger partial charge in [-0.25, -0.2) is 0 Å². The fourth-order valence-corrected chi connectivity index (χ4v) is 5.89. The van der Waals surface area contributed by atoms with Crippen LogP contribution in [0.2, 0.25) is 0 Å². The zero-order valence-corrected chi connectivity index (χ0v) is 20.9. The van der Waals surface area contributed by atoms with Crippen molar-refractivity contribution in [2.45, 2.75) is 38.3 Å². The summed E-state index contributed by atoms with van der Waals surface area (Å²) in [6, 6.07) is 18.0. The Bertz CT molecular complexity index is 1510. The zero-order valence-electron chi connectivity index (χ0n) is 20.0. The number of guanidine groups is 1. The maximum absolute atomic E-state index is 13.6. The average Bonchev–Trinajstić information content (AvgIpc) is 3.51. The molecule has 7 nitrogen and oxygen atoms in total. The summed E-state index contributed by atoms with van der Waals surface area (Å²) in [5.41, 5.74) is 3.61. The lowest BCUT2D eigenvalue weighted by molar-refractivity contribution is -0.131. The molecule has 5 rings (SSSR count). The molecular weight excluding hydrogens is 456 g/mol. The van der Waals surface area contributed by atoms with Gasteiger partial charge in [-0.15, -0.1) is 11.3 Å². The van der Waals surface area contributed by atoms with Gasteiger partial charge in [0.2, 0.25) is 5.91 Å². The minimum atomic E-state index is -0.821. The highest BCUT2D eigenvalue weighted by Crippen LogP contribution is 2.44. The van der Waals surface area contributed by atoms with E-state index in [1.54, 1.807) is 24.5 Å². The van der Waals surface area contributed by atoms with Crippen LogP contribution in [-0.2, 0) is 10.3 Å². The summed E-state index contributed by atoms with van der Waals surface area (Å²) in [4.78, 5) is 16.0. The van der Waals surface area contributed by atoms with Gasteiger partial charge < -0.3 is 5.32 Å². The van der Waals surface area contributed by atoms with Crippen LogP contribution >= 0.6 is 11.3 Å². The van der Waals surface area contributed by atoms with Crippen LogP contribution in [0.25, 0.3) is 22.0 Å². The molecule has 8 heteroatoms. The maximum atomic E-state index is 13.6. The second-order valence-corrected chi connectivity index (χ2v) is 10.3. The van der Waals surface area contributed by atoms with Crippen LogP contribution < -0.4 is 5.32 Å². The number of aromatic nitrogens is 2. The first-order valence-corrected chi connectivity index (χ1v) is 12.3. The quantitative estimate of drug-likeness (QED) is 0.417. The number of nitrogens with one attached hydrogen (secondary N) is 2. The second kappa shape index (κ2) is 8.36. The monoisotopic (exact) mass is 482 g/mol. The normalized spacial score (nSPS) is 20.3. The van der Waals surface area contributed by atoms with Crippen molar-refractivity contribution in [2.24, 2.45) is 0 Å². The molecule has 2 aromatic carbocycles. The predicted molar refractivity (Wildman–Crippen MR) is 138 cm³/mol. The van der Waals surface area contributed by atoms with Crippen molar-refractivity contribution >= 4 is 34.1 Å². The Morgan fingerprint density at radius 3 is 2.74 bits per heavy atom. The smallest absolute Gasteiger partial charge is 0.239 e. The van der Waals surface area contributed by atoms with Gasteiger partial charge in [0, 0.05) is 23.4 Å². The number of hydrogen-bond donors (Lipinski definition) is 2. The number of likely N-dealkylation sites (N-methyl/N-ethyl adjacent to an activating group) is 1. The molecule has 4 aromatic rings. The van der Waals surface area contributed by atoms with Gasteiger partial charge in [0.25, 0.3) is 0 Å². The van der Waals surface area contributed by atoms with Gasteiger partial charge in [-0.3, -0.25) is 19.8 Å². The van der Waals surface area contributed by atoms with Crippen LogP contribution in [0, 0.1) is 16.7 Å². The Balaban J connectivity index is 1.61. The minimum absolute atomic E-state index is 0.0730. The highest BCUT2D eigenvalue weighted by atomic mass is 32.1. The zero-order chi connectivity index (χ0) is 24.9. The Hall–Kier alpha value is -3.96. The molecule has 3 heterocycles. The molecular formula is C27H26N6OS. The number of fused-ring (bicyclic) bond motifs is 1. The van der Waals surface area contributed by atoms with Crippen LogP contribution in [0.4, 0.5) is 0 Å². The Morgan fingerprint density at radius 2 is 2.00 bits per heavy atom. The summed E-state index contributed by atoms with van der Waals surface area (Å²) >= 11 is 1.55. The van der Waals surface area contributed by atoms with Crippen LogP contribution in [0.5, 0.6) is 0 Å². The molecule has 2 atom stereocenters. The van der Waals surface area contributed by atoms with E-state index in [2.05, 4.69) is 36.4 Å². The van der Waals surface area contributed by atoms with E-state index in [0.717, 1.165) is 32.5 Å². The lowest BCUT2D eigenvalue weighted by Crippen LogP contribution is -2.62. The number of rotatable bonds is 4. The van der Waals surface area contributed by atoms with Crippen molar-refractivity contribution in [3.63, 3.8) is 0 Å². The summed E-state index contributed by atoms with van der Waals surface area (Å²) in [7, 11) is 1.63. The highest BCUT2D eigenvalue weighted by Gasteiger charge is 2.49. The third-order valence-corrected chi connectivity index (χ3v) is 7.91. The second-order valence-electron chi connectivity index (χ2n) is 9.40. The van der Waals surface area contributed by atoms with Crippen LogP contribution in [0.1, 0.15) is 48.7 Å². The topological polar surface area (TPSA) is 97.8 Å². The summed E-state index contributed by atoms with van der Waals surface area (Å²) in [5.74, 6) is -0.595. The molecule has 1 amide bonds.